The van der Waals surface area contributed by atoms with Crippen LogP contribution in [0.1, 0.15) is 48.0 Å². The molecular weight excluding hydrogens is 362 g/mol. The number of nitrogens with zero attached hydrogens (tertiary/aromatic N) is 2. The third-order valence-corrected chi connectivity index (χ3v) is 6.69. The molecule has 1 saturated heterocycles. The third-order valence-electron chi connectivity index (χ3n) is 5.52. The summed E-state index contributed by atoms with van der Waals surface area (Å²) in [5, 5.41) is 3.69. The van der Waals surface area contributed by atoms with E-state index in [1.165, 1.54) is 4.88 Å². The Labute approximate surface area is 165 Å². The molecule has 1 unspecified atom stereocenters. The van der Waals surface area contributed by atoms with Crippen LogP contribution < -0.4 is 5.32 Å². The lowest BCUT2D eigenvalue weighted by atomic mass is 9.88. The fourth-order valence-electron chi connectivity index (χ4n) is 3.89. The van der Waals surface area contributed by atoms with E-state index in [0.29, 0.717) is 29.6 Å². The summed E-state index contributed by atoms with van der Waals surface area (Å²) >= 11 is 1.55. The number of likely N-dealkylation sites (N-methyl/N-ethyl adjacent to an activating group) is 1. The molecule has 1 atom stereocenters. The van der Waals surface area contributed by atoms with Gasteiger partial charge in [-0.2, -0.15) is 0 Å². The maximum Gasteiger partial charge on any atom is 0.341 e. The fraction of sp³-hybridized carbons (Fsp3) is 0.700. The molecule has 2 heterocycles. The van der Waals surface area contributed by atoms with Crippen molar-refractivity contribution in [3.8, 4) is 0 Å². The Balaban J connectivity index is 1.70. The molecule has 150 valence electrons. The second kappa shape index (κ2) is 9.17. The Morgan fingerprint density at radius 1 is 1.19 bits per heavy atom. The summed E-state index contributed by atoms with van der Waals surface area (Å²) in [7, 11) is 0. The zero-order valence-corrected chi connectivity index (χ0v) is 17.5. The zero-order chi connectivity index (χ0) is 19.4. The summed E-state index contributed by atoms with van der Waals surface area (Å²) in [4.78, 5) is 31.0. The molecule has 2 aliphatic rings. The number of rotatable bonds is 6. The van der Waals surface area contributed by atoms with Crippen LogP contribution in [-0.4, -0.2) is 67.6 Å². The summed E-state index contributed by atoms with van der Waals surface area (Å²) in [5.41, 5.74) is 1.68. The fourth-order valence-corrected chi connectivity index (χ4v) is 5.31. The van der Waals surface area contributed by atoms with Crippen molar-refractivity contribution in [3.05, 3.63) is 16.0 Å². The topological polar surface area (TPSA) is 61.9 Å². The van der Waals surface area contributed by atoms with Gasteiger partial charge in [-0.05, 0) is 44.2 Å². The molecule has 1 amide bonds. The molecule has 6 nitrogen and oxygen atoms in total. The molecule has 0 spiro atoms. The van der Waals surface area contributed by atoms with E-state index in [2.05, 4.69) is 29.0 Å². The largest absolute Gasteiger partial charge is 0.462 e. The van der Waals surface area contributed by atoms with Crippen LogP contribution >= 0.6 is 11.3 Å². The van der Waals surface area contributed by atoms with Crippen LogP contribution in [0, 0.1) is 5.92 Å². The average Bonchev–Trinajstić information content (AvgIpc) is 2.99. The molecule has 0 saturated carbocycles. The highest BCUT2D eigenvalue weighted by atomic mass is 32.1. The molecule has 0 radical (unpaired) electrons. The van der Waals surface area contributed by atoms with Crippen molar-refractivity contribution in [2.45, 2.75) is 40.0 Å². The first-order valence-electron chi connectivity index (χ1n) is 10.1. The predicted molar refractivity (Wildman–Crippen MR) is 109 cm³/mol. The van der Waals surface area contributed by atoms with Crippen molar-refractivity contribution in [1.29, 1.82) is 0 Å². The highest BCUT2D eigenvalue weighted by molar-refractivity contribution is 7.17. The maximum absolute atomic E-state index is 12.6. The first-order chi connectivity index (χ1) is 13.0. The van der Waals surface area contributed by atoms with Gasteiger partial charge in [0.15, 0.2) is 0 Å². The van der Waals surface area contributed by atoms with Crippen LogP contribution in [0.5, 0.6) is 0 Å². The molecule has 1 fully saturated rings. The number of ether oxygens (including phenoxy) is 1. The Morgan fingerprint density at radius 2 is 1.89 bits per heavy atom. The van der Waals surface area contributed by atoms with E-state index in [1.54, 1.807) is 11.3 Å². The summed E-state index contributed by atoms with van der Waals surface area (Å²) in [6.07, 6.45) is 2.93. The van der Waals surface area contributed by atoms with Crippen molar-refractivity contribution in [2.24, 2.45) is 5.92 Å². The van der Waals surface area contributed by atoms with Crippen molar-refractivity contribution in [3.63, 3.8) is 0 Å². The summed E-state index contributed by atoms with van der Waals surface area (Å²) in [6.45, 7) is 11.8. The number of fused-ring (bicyclic) bond motifs is 1. The van der Waals surface area contributed by atoms with Gasteiger partial charge in [-0.15, -0.1) is 11.3 Å². The van der Waals surface area contributed by atoms with Gasteiger partial charge in [0.1, 0.15) is 5.00 Å². The first-order valence-corrected chi connectivity index (χ1v) is 10.9. The molecule has 1 N–H and O–H groups in total. The van der Waals surface area contributed by atoms with Gasteiger partial charge in [0.2, 0.25) is 5.91 Å². The van der Waals surface area contributed by atoms with Crippen molar-refractivity contribution >= 4 is 28.2 Å². The maximum atomic E-state index is 12.6. The highest BCUT2D eigenvalue weighted by Crippen LogP contribution is 2.40. The number of amides is 1. The molecule has 0 aromatic carbocycles. The van der Waals surface area contributed by atoms with E-state index in [1.807, 2.05) is 6.92 Å². The Morgan fingerprint density at radius 3 is 2.56 bits per heavy atom. The number of anilines is 1. The van der Waals surface area contributed by atoms with Crippen LogP contribution in [-0.2, 0) is 22.4 Å². The number of carbonyl (C=O) groups is 2. The number of thiophene rings is 1. The molecular formula is C20H31N3O3S. The van der Waals surface area contributed by atoms with Crippen LogP contribution in [0.3, 0.4) is 0 Å². The van der Waals surface area contributed by atoms with Crippen LogP contribution in [0.15, 0.2) is 0 Å². The van der Waals surface area contributed by atoms with Crippen molar-refractivity contribution in [2.75, 3.05) is 51.2 Å². The molecule has 0 bridgehead atoms. The standard InChI is InChI=1S/C20H31N3O3S/c1-4-22-8-10-23(11-9-22)13-17(24)21-19-18(20(25)26-5-2)15-7-6-14(3)12-16(15)27-19/h14H,4-13H2,1-3H3,(H,21,24). The van der Waals surface area contributed by atoms with E-state index < -0.39 is 0 Å². The molecule has 1 aromatic heterocycles. The third kappa shape index (κ3) is 4.89. The summed E-state index contributed by atoms with van der Waals surface area (Å²) < 4.78 is 5.28. The van der Waals surface area contributed by atoms with Crippen LogP contribution in [0.4, 0.5) is 5.00 Å². The van der Waals surface area contributed by atoms with E-state index in [9.17, 15) is 9.59 Å². The van der Waals surface area contributed by atoms with E-state index in [-0.39, 0.29) is 11.9 Å². The minimum Gasteiger partial charge on any atom is -0.462 e. The molecule has 7 heteroatoms. The Hall–Kier alpha value is -1.44. The monoisotopic (exact) mass is 393 g/mol. The van der Waals surface area contributed by atoms with E-state index in [0.717, 1.165) is 57.5 Å². The zero-order valence-electron chi connectivity index (χ0n) is 16.7. The number of carbonyl (C=O) groups excluding carboxylic acids is 2. The minimum absolute atomic E-state index is 0.0443. The average molecular weight is 394 g/mol. The normalized spacial score (nSPS) is 20.9. The quantitative estimate of drug-likeness (QED) is 0.753. The van der Waals surface area contributed by atoms with Crippen LogP contribution in [0.2, 0.25) is 0 Å². The van der Waals surface area contributed by atoms with Gasteiger partial charge >= 0.3 is 5.97 Å². The number of nitrogens with one attached hydrogen (secondary N) is 1. The van der Waals surface area contributed by atoms with E-state index in [4.69, 9.17) is 4.74 Å². The summed E-state index contributed by atoms with van der Waals surface area (Å²) in [5.74, 6) is 0.262. The lowest BCUT2D eigenvalue weighted by molar-refractivity contribution is -0.117. The Kier molecular flexibility index (Phi) is 6.89. The number of piperazine rings is 1. The second-order valence-electron chi connectivity index (χ2n) is 7.53. The van der Waals surface area contributed by atoms with Gasteiger partial charge in [-0.3, -0.25) is 9.69 Å². The molecule has 27 heavy (non-hydrogen) atoms. The lowest BCUT2D eigenvalue weighted by Gasteiger charge is -2.33. The minimum atomic E-state index is -0.309. The smallest absolute Gasteiger partial charge is 0.341 e. The van der Waals surface area contributed by atoms with Crippen LogP contribution in [0.25, 0.3) is 0 Å². The van der Waals surface area contributed by atoms with Gasteiger partial charge in [0.05, 0.1) is 18.7 Å². The van der Waals surface area contributed by atoms with Gasteiger partial charge in [0, 0.05) is 31.1 Å². The van der Waals surface area contributed by atoms with Crippen molar-refractivity contribution in [1.82, 2.24) is 9.80 Å². The highest BCUT2D eigenvalue weighted by Gasteiger charge is 2.29. The van der Waals surface area contributed by atoms with Gasteiger partial charge in [-0.1, -0.05) is 13.8 Å². The number of hydrogen-bond donors (Lipinski definition) is 1. The lowest BCUT2D eigenvalue weighted by Crippen LogP contribution is -2.48. The number of esters is 1. The predicted octanol–water partition coefficient (Wildman–Crippen LogP) is 2.63. The first kappa shape index (κ1) is 20.3. The molecule has 3 rings (SSSR count). The van der Waals surface area contributed by atoms with Gasteiger partial charge in [-0.25, -0.2) is 4.79 Å². The van der Waals surface area contributed by atoms with E-state index >= 15 is 0 Å². The van der Waals surface area contributed by atoms with Crippen molar-refractivity contribution < 1.29 is 14.3 Å². The van der Waals surface area contributed by atoms with Gasteiger partial charge in [0.25, 0.3) is 0 Å². The van der Waals surface area contributed by atoms with Gasteiger partial charge < -0.3 is 15.0 Å². The summed E-state index contributed by atoms with van der Waals surface area (Å²) in [6, 6.07) is 0. The second-order valence-corrected chi connectivity index (χ2v) is 8.64. The molecule has 1 aliphatic carbocycles. The molecule has 1 aliphatic heterocycles. The Bertz CT molecular complexity index is 680. The molecule has 1 aromatic rings. The number of hydrogen-bond acceptors (Lipinski definition) is 6. The SMILES string of the molecule is CCOC(=O)c1c(NC(=O)CN2CCN(CC)CC2)sc2c1CCC(C)C2.